The Kier molecular flexibility index (Phi) is 8.76. The van der Waals surface area contributed by atoms with Crippen LogP contribution < -0.4 is 15.0 Å². The standard InChI is InChI=1S/C28H30BrN3O5/c1-3-8-20-13-18(14-24(36-4-2)26(20)37-17-25(33)34)16-30-32-27(19-9-6-5-7-10-19)31-23-12-11-21(29)15-22(23)28(32)35/h3,11-16,19H,1,4-10,17H2,2H3,(H,33,34). The number of allylic oxidation sites excluding steroid dienone is 1. The lowest BCUT2D eigenvalue weighted by Crippen LogP contribution is -2.25. The summed E-state index contributed by atoms with van der Waals surface area (Å²) < 4.78 is 13.5. The highest BCUT2D eigenvalue weighted by molar-refractivity contribution is 9.10. The maximum Gasteiger partial charge on any atom is 0.341 e. The molecule has 0 unspecified atom stereocenters. The van der Waals surface area contributed by atoms with Gasteiger partial charge < -0.3 is 14.6 Å². The number of aromatic nitrogens is 2. The van der Waals surface area contributed by atoms with E-state index in [0.29, 0.717) is 52.4 Å². The van der Waals surface area contributed by atoms with Gasteiger partial charge in [0.05, 0.1) is 23.7 Å². The Morgan fingerprint density at radius 2 is 2.03 bits per heavy atom. The minimum atomic E-state index is -1.08. The molecule has 1 fully saturated rings. The maximum atomic E-state index is 13.6. The Bertz CT molecular complexity index is 1390. The summed E-state index contributed by atoms with van der Waals surface area (Å²) in [5.41, 5.74) is 1.83. The molecular formula is C28H30BrN3O5. The fourth-order valence-corrected chi connectivity index (χ4v) is 5.01. The zero-order valence-corrected chi connectivity index (χ0v) is 22.4. The molecule has 0 saturated heterocycles. The van der Waals surface area contributed by atoms with Gasteiger partial charge in [0.2, 0.25) is 0 Å². The van der Waals surface area contributed by atoms with Crippen molar-refractivity contribution in [2.75, 3.05) is 13.2 Å². The van der Waals surface area contributed by atoms with Gasteiger partial charge in [-0.2, -0.15) is 9.78 Å². The van der Waals surface area contributed by atoms with Crippen molar-refractivity contribution >= 4 is 39.0 Å². The third-order valence-electron chi connectivity index (χ3n) is 6.28. The number of hydrogen-bond acceptors (Lipinski definition) is 6. The van der Waals surface area contributed by atoms with E-state index in [1.165, 1.54) is 11.1 Å². The zero-order valence-electron chi connectivity index (χ0n) is 20.8. The van der Waals surface area contributed by atoms with Crippen LogP contribution in [0.2, 0.25) is 0 Å². The summed E-state index contributed by atoms with van der Waals surface area (Å²) >= 11 is 3.45. The molecule has 8 nitrogen and oxygen atoms in total. The third-order valence-corrected chi connectivity index (χ3v) is 6.78. The van der Waals surface area contributed by atoms with E-state index < -0.39 is 12.6 Å². The van der Waals surface area contributed by atoms with E-state index in [9.17, 15) is 9.59 Å². The van der Waals surface area contributed by atoms with Crippen molar-refractivity contribution in [3.8, 4) is 11.5 Å². The molecule has 0 aliphatic heterocycles. The summed E-state index contributed by atoms with van der Waals surface area (Å²) in [5.74, 6) is 0.522. The van der Waals surface area contributed by atoms with Gasteiger partial charge in [0.1, 0.15) is 5.82 Å². The van der Waals surface area contributed by atoms with Crippen LogP contribution in [0, 0.1) is 0 Å². The quantitative estimate of drug-likeness (QED) is 0.250. The largest absolute Gasteiger partial charge is 0.490 e. The molecule has 0 amide bonds. The number of carboxylic acids is 1. The number of benzene rings is 2. The van der Waals surface area contributed by atoms with Crippen LogP contribution in [0.1, 0.15) is 61.9 Å². The summed E-state index contributed by atoms with van der Waals surface area (Å²) in [7, 11) is 0. The first-order valence-electron chi connectivity index (χ1n) is 12.4. The first-order valence-corrected chi connectivity index (χ1v) is 13.2. The average molecular weight is 568 g/mol. The lowest BCUT2D eigenvalue weighted by molar-refractivity contribution is -0.139. The third kappa shape index (κ3) is 6.28. The van der Waals surface area contributed by atoms with Crippen molar-refractivity contribution in [3.63, 3.8) is 0 Å². The number of carbonyl (C=O) groups is 1. The number of fused-ring (bicyclic) bond motifs is 1. The van der Waals surface area contributed by atoms with Crippen molar-refractivity contribution in [2.24, 2.45) is 5.10 Å². The summed E-state index contributed by atoms with van der Waals surface area (Å²) in [5, 5.41) is 14.2. The van der Waals surface area contributed by atoms with Crippen LogP contribution in [0.4, 0.5) is 0 Å². The van der Waals surface area contributed by atoms with E-state index in [0.717, 1.165) is 30.2 Å². The van der Waals surface area contributed by atoms with E-state index in [1.807, 2.05) is 25.1 Å². The van der Waals surface area contributed by atoms with E-state index in [2.05, 4.69) is 27.6 Å². The SMILES string of the molecule is C=CCc1cc(C=Nn2c(C3CCCCC3)nc3ccc(Br)cc3c2=O)cc(OCC)c1OCC(=O)O. The molecule has 1 saturated carbocycles. The summed E-state index contributed by atoms with van der Waals surface area (Å²) in [6.45, 7) is 5.51. The molecule has 2 aromatic carbocycles. The van der Waals surface area contributed by atoms with Crippen LogP contribution in [0.3, 0.4) is 0 Å². The molecule has 194 valence electrons. The van der Waals surface area contributed by atoms with Crippen molar-refractivity contribution in [1.82, 2.24) is 9.66 Å². The van der Waals surface area contributed by atoms with Gasteiger partial charge in [-0.3, -0.25) is 4.79 Å². The molecule has 9 heteroatoms. The Morgan fingerprint density at radius 1 is 1.24 bits per heavy atom. The molecule has 0 bridgehead atoms. The topological polar surface area (TPSA) is 103 Å². The van der Waals surface area contributed by atoms with E-state index in [-0.39, 0.29) is 11.5 Å². The predicted octanol–water partition coefficient (Wildman–Crippen LogP) is 5.68. The Balaban J connectivity index is 1.82. The molecule has 3 aromatic rings. The predicted molar refractivity (Wildman–Crippen MR) is 147 cm³/mol. The number of ether oxygens (including phenoxy) is 2. The lowest BCUT2D eigenvalue weighted by Gasteiger charge is -2.22. The maximum absolute atomic E-state index is 13.6. The summed E-state index contributed by atoms with van der Waals surface area (Å²) in [6, 6.07) is 9.07. The second-order valence-electron chi connectivity index (χ2n) is 8.94. The highest BCUT2D eigenvalue weighted by atomic mass is 79.9. The van der Waals surface area contributed by atoms with Crippen LogP contribution in [-0.2, 0) is 11.2 Å². The Labute approximate surface area is 223 Å². The van der Waals surface area contributed by atoms with E-state index in [1.54, 1.807) is 24.4 Å². The molecule has 37 heavy (non-hydrogen) atoms. The van der Waals surface area contributed by atoms with Crippen LogP contribution in [0.25, 0.3) is 10.9 Å². The fourth-order valence-electron chi connectivity index (χ4n) is 4.65. The van der Waals surface area contributed by atoms with Crippen LogP contribution in [0.5, 0.6) is 11.5 Å². The first kappa shape index (κ1) is 26.6. The van der Waals surface area contributed by atoms with Gasteiger partial charge in [0.25, 0.3) is 5.56 Å². The molecule has 0 spiro atoms. The van der Waals surface area contributed by atoms with Gasteiger partial charge in [-0.25, -0.2) is 9.78 Å². The van der Waals surface area contributed by atoms with Crippen molar-refractivity contribution < 1.29 is 19.4 Å². The summed E-state index contributed by atoms with van der Waals surface area (Å²) in [4.78, 5) is 29.6. The van der Waals surface area contributed by atoms with E-state index >= 15 is 0 Å². The number of halogens is 1. The van der Waals surface area contributed by atoms with Gasteiger partial charge >= 0.3 is 5.97 Å². The Morgan fingerprint density at radius 3 is 2.73 bits per heavy atom. The van der Waals surface area contributed by atoms with Gasteiger partial charge in [-0.05, 0) is 62.1 Å². The molecular weight excluding hydrogens is 538 g/mol. The normalized spacial score (nSPS) is 14.2. The number of carboxylic acid groups (broad SMARTS) is 1. The molecule has 0 atom stereocenters. The number of rotatable bonds is 10. The second-order valence-corrected chi connectivity index (χ2v) is 9.86. The summed E-state index contributed by atoms with van der Waals surface area (Å²) in [6.07, 6.45) is 9.08. The highest BCUT2D eigenvalue weighted by Crippen LogP contribution is 2.34. The minimum Gasteiger partial charge on any atom is -0.490 e. The minimum absolute atomic E-state index is 0.161. The lowest BCUT2D eigenvalue weighted by atomic mass is 9.88. The van der Waals surface area contributed by atoms with Crippen molar-refractivity contribution in [1.29, 1.82) is 0 Å². The second kappa shape index (κ2) is 12.2. The van der Waals surface area contributed by atoms with Crippen molar-refractivity contribution in [2.45, 2.75) is 51.4 Å². The first-order chi connectivity index (χ1) is 17.9. The molecule has 4 rings (SSSR count). The molecule has 1 N–H and O–H groups in total. The number of aliphatic carboxylic acids is 1. The monoisotopic (exact) mass is 567 g/mol. The van der Waals surface area contributed by atoms with Gasteiger partial charge in [0.15, 0.2) is 18.1 Å². The molecule has 1 aliphatic carbocycles. The van der Waals surface area contributed by atoms with Gasteiger partial charge in [0, 0.05) is 16.0 Å². The smallest absolute Gasteiger partial charge is 0.341 e. The molecule has 1 aromatic heterocycles. The molecule has 1 heterocycles. The van der Waals surface area contributed by atoms with E-state index in [4.69, 9.17) is 19.6 Å². The fraction of sp³-hybridized carbons (Fsp3) is 0.357. The van der Waals surface area contributed by atoms with Crippen molar-refractivity contribution in [3.05, 3.63) is 74.8 Å². The van der Waals surface area contributed by atoms with Gasteiger partial charge in [-0.1, -0.05) is 41.3 Å². The number of hydrogen-bond donors (Lipinski definition) is 1. The number of nitrogens with zero attached hydrogens (tertiary/aromatic N) is 3. The molecule has 0 radical (unpaired) electrons. The molecule has 1 aliphatic rings. The zero-order chi connectivity index (χ0) is 26.4. The average Bonchev–Trinajstić information content (AvgIpc) is 2.88. The van der Waals surface area contributed by atoms with Crippen LogP contribution >= 0.6 is 15.9 Å². The Hall–Kier alpha value is -3.46. The van der Waals surface area contributed by atoms with Crippen LogP contribution in [0.15, 0.2) is 57.4 Å². The van der Waals surface area contributed by atoms with Crippen LogP contribution in [-0.4, -0.2) is 40.2 Å². The highest BCUT2D eigenvalue weighted by Gasteiger charge is 2.23. The van der Waals surface area contributed by atoms with Gasteiger partial charge in [-0.15, -0.1) is 6.58 Å².